The number of esters is 1. The Balaban J connectivity index is 2.15. The summed E-state index contributed by atoms with van der Waals surface area (Å²) in [5.74, 6) is 0.181. The van der Waals surface area contributed by atoms with Crippen LogP contribution in [-0.2, 0) is 4.74 Å². The number of nitrogens with zero attached hydrogens (tertiary/aromatic N) is 2. The van der Waals surface area contributed by atoms with Crippen molar-refractivity contribution in [2.24, 2.45) is 0 Å². The molecule has 0 saturated carbocycles. The minimum absolute atomic E-state index is 0.365. The molecule has 2 aromatic carbocycles. The summed E-state index contributed by atoms with van der Waals surface area (Å²) in [5, 5.41) is 9.57. The molecule has 0 spiro atoms. The number of hydrogen-bond acceptors (Lipinski definition) is 5. The van der Waals surface area contributed by atoms with Crippen LogP contribution >= 0.6 is 15.9 Å². The molecule has 130 valence electrons. The Morgan fingerprint density at radius 2 is 1.92 bits per heavy atom. The van der Waals surface area contributed by atoms with E-state index in [2.05, 4.69) is 20.9 Å². The molecule has 0 unspecified atom stereocenters. The van der Waals surface area contributed by atoms with Gasteiger partial charge in [0.25, 0.3) is 0 Å². The summed E-state index contributed by atoms with van der Waals surface area (Å²) >= 11 is 3.41. The number of nitriles is 1. The van der Waals surface area contributed by atoms with E-state index in [4.69, 9.17) is 14.7 Å². The van der Waals surface area contributed by atoms with Crippen molar-refractivity contribution in [2.75, 3.05) is 7.11 Å². The number of benzene rings is 2. The van der Waals surface area contributed by atoms with Crippen LogP contribution in [0.4, 0.5) is 0 Å². The van der Waals surface area contributed by atoms with E-state index in [-0.39, 0.29) is 0 Å². The molecule has 1 aromatic heterocycles. The second-order valence-corrected chi connectivity index (χ2v) is 6.54. The largest absolute Gasteiger partial charge is 0.497 e. The minimum Gasteiger partial charge on any atom is -0.497 e. The maximum Gasteiger partial charge on any atom is 0.340 e. The van der Waals surface area contributed by atoms with Crippen LogP contribution in [0.1, 0.15) is 17.3 Å². The van der Waals surface area contributed by atoms with Gasteiger partial charge < -0.3 is 9.47 Å². The fraction of sp³-hybridized carbons (Fsp3) is 0.150. The number of hydrogen-bond donors (Lipinski definition) is 0. The Bertz CT molecular complexity index is 1010. The van der Waals surface area contributed by atoms with Gasteiger partial charge in [-0.15, -0.1) is 0 Å². The van der Waals surface area contributed by atoms with Gasteiger partial charge >= 0.3 is 5.97 Å². The Kier molecular flexibility index (Phi) is 5.19. The van der Waals surface area contributed by atoms with Crippen molar-refractivity contribution in [3.8, 4) is 23.1 Å². The van der Waals surface area contributed by atoms with E-state index < -0.39 is 12.1 Å². The lowest BCUT2D eigenvalue weighted by atomic mass is 10.0. The Hall–Kier alpha value is -2.91. The molecule has 3 rings (SSSR count). The third-order valence-electron chi connectivity index (χ3n) is 3.84. The average Bonchev–Trinajstić information content (AvgIpc) is 2.67. The van der Waals surface area contributed by atoms with Gasteiger partial charge in [-0.25, -0.2) is 9.78 Å². The van der Waals surface area contributed by atoms with E-state index in [1.165, 1.54) is 6.92 Å². The number of rotatable bonds is 4. The molecule has 0 aliphatic heterocycles. The highest BCUT2D eigenvalue weighted by Gasteiger charge is 2.18. The number of pyridine rings is 1. The lowest BCUT2D eigenvalue weighted by molar-refractivity contribution is 0.0438. The van der Waals surface area contributed by atoms with E-state index >= 15 is 0 Å². The fourth-order valence-corrected chi connectivity index (χ4v) is 2.89. The Morgan fingerprint density at radius 3 is 2.58 bits per heavy atom. The fourth-order valence-electron chi connectivity index (χ4n) is 2.53. The predicted molar refractivity (Wildman–Crippen MR) is 102 cm³/mol. The monoisotopic (exact) mass is 410 g/mol. The van der Waals surface area contributed by atoms with Crippen molar-refractivity contribution in [1.29, 1.82) is 5.26 Å². The van der Waals surface area contributed by atoms with Gasteiger partial charge in [0.05, 0.1) is 23.9 Å². The molecule has 5 nitrogen and oxygen atoms in total. The first kappa shape index (κ1) is 17.9. The van der Waals surface area contributed by atoms with Crippen LogP contribution in [0.3, 0.4) is 0 Å². The summed E-state index contributed by atoms with van der Waals surface area (Å²) in [6, 6.07) is 16.5. The van der Waals surface area contributed by atoms with Crippen molar-refractivity contribution in [2.45, 2.75) is 13.0 Å². The molecule has 0 fully saturated rings. The lowest BCUT2D eigenvalue weighted by Gasteiger charge is -2.11. The van der Waals surface area contributed by atoms with Crippen LogP contribution in [0.15, 0.2) is 53.0 Å². The third kappa shape index (κ3) is 3.68. The summed E-state index contributed by atoms with van der Waals surface area (Å²) < 4.78 is 11.2. The SMILES string of the molecule is COc1ccc(-c2cc(C(=O)O[C@@H](C)C#N)c3cc(Br)ccc3n2)cc1. The molecule has 0 aliphatic carbocycles. The molecule has 1 atom stereocenters. The highest BCUT2D eigenvalue weighted by atomic mass is 79.9. The number of methoxy groups -OCH3 is 1. The maximum absolute atomic E-state index is 12.6. The van der Waals surface area contributed by atoms with E-state index in [1.54, 1.807) is 13.2 Å². The highest BCUT2D eigenvalue weighted by Crippen LogP contribution is 2.28. The van der Waals surface area contributed by atoms with Gasteiger partial charge in [-0.2, -0.15) is 5.26 Å². The molecule has 0 N–H and O–H groups in total. The quantitative estimate of drug-likeness (QED) is 0.580. The van der Waals surface area contributed by atoms with Crippen LogP contribution in [0, 0.1) is 11.3 Å². The topological polar surface area (TPSA) is 72.2 Å². The summed E-state index contributed by atoms with van der Waals surface area (Å²) in [6.07, 6.45) is -0.831. The smallest absolute Gasteiger partial charge is 0.340 e. The zero-order chi connectivity index (χ0) is 18.7. The molecular formula is C20H15BrN2O3. The number of carbonyl (C=O) groups excluding carboxylic acids is 1. The maximum atomic E-state index is 12.6. The molecule has 0 aliphatic rings. The number of halogens is 1. The average molecular weight is 411 g/mol. The molecule has 3 aromatic rings. The molecule has 0 saturated heterocycles. The number of carbonyl (C=O) groups is 1. The summed E-state index contributed by atoms with van der Waals surface area (Å²) in [6.45, 7) is 1.53. The molecule has 6 heteroatoms. The standard InChI is InChI=1S/C20H15BrN2O3/c1-12(11-22)26-20(24)17-10-19(13-3-6-15(25-2)7-4-13)23-18-8-5-14(21)9-16(17)18/h3-10,12H,1-2H3/t12-/m0/s1. The lowest BCUT2D eigenvalue weighted by Crippen LogP contribution is -2.14. The van der Waals surface area contributed by atoms with E-state index in [0.29, 0.717) is 22.2 Å². The molecule has 0 bridgehead atoms. The first-order valence-electron chi connectivity index (χ1n) is 7.87. The number of ether oxygens (including phenoxy) is 2. The molecular weight excluding hydrogens is 396 g/mol. The second-order valence-electron chi connectivity index (χ2n) is 5.62. The van der Waals surface area contributed by atoms with Crippen LogP contribution in [-0.4, -0.2) is 24.2 Å². The summed E-state index contributed by atoms with van der Waals surface area (Å²) in [7, 11) is 1.60. The summed E-state index contributed by atoms with van der Waals surface area (Å²) in [5.41, 5.74) is 2.51. The van der Waals surface area contributed by atoms with Gasteiger partial charge in [-0.1, -0.05) is 15.9 Å². The van der Waals surface area contributed by atoms with Crippen molar-refractivity contribution in [3.05, 3.63) is 58.6 Å². The number of aromatic nitrogens is 1. The van der Waals surface area contributed by atoms with Gasteiger partial charge in [0, 0.05) is 15.4 Å². The second kappa shape index (κ2) is 7.54. The van der Waals surface area contributed by atoms with Gasteiger partial charge in [0.1, 0.15) is 11.8 Å². The van der Waals surface area contributed by atoms with Crippen LogP contribution in [0.2, 0.25) is 0 Å². The minimum atomic E-state index is -0.831. The van der Waals surface area contributed by atoms with Gasteiger partial charge in [0.15, 0.2) is 6.10 Å². The zero-order valence-electron chi connectivity index (χ0n) is 14.2. The van der Waals surface area contributed by atoms with Crippen LogP contribution < -0.4 is 4.74 Å². The van der Waals surface area contributed by atoms with Gasteiger partial charge in [0.2, 0.25) is 0 Å². The van der Waals surface area contributed by atoms with E-state index in [1.807, 2.05) is 48.5 Å². The first-order chi connectivity index (χ1) is 12.5. The Labute approximate surface area is 159 Å². The summed E-state index contributed by atoms with van der Waals surface area (Å²) in [4.78, 5) is 17.2. The van der Waals surface area contributed by atoms with Crippen molar-refractivity contribution < 1.29 is 14.3 Å². The zero-order valence-corrected chi connectivity index (χ0v) is 15.8. The number of fused-ring (bicyclic) bond motifs is 1. The van der Waals surface area contributed by atoms with Crippen LogP contribution in [0.5, 0.6) is 5.75 Å². The molecule has 0 radical (unpaired) electrons. The Morgan fingerprint density at radius 1 is 1.19 bits per heavy atom. The molecule has 0 amide bonds. The van der Waals surface area contributed by atoms with Crippen molar-refractivity contribution in [1.82, 2.24) is 4.98 Å². The third-order valence-corrected chi connectivity index (χ3v) is 4.34. The van der Waals surface area contributed by atoms with E-state index in [0.717, 1.165) is 15.8 Å². The van der Waals surface area contributed by atoms with Crippen LogP contribution in [0.25, 0.3) is 22.2 Å². The highest BCUT2D eigenvalue weighted by molar-refractivity contribution is 9.10. The van der Waals surface area contributed by atoms with E-state index in [9.17, 15) is 4.79 Å². The normalized spacial score (nSPS) is 11.6. The van der Waals surface area contributed by atoms with Gasteiger partial charge in [-0.05, 0) is 55.5 Å². The van der Waals surface area contributed by atoms with Crippen molar-refractivity contribution >= 4 is 32.8 Å². The first-order valence-corrected chi connectivity index (χ1v) is 8.66. The molecule has 1 heterocycles. The predicted octanol–water partition coefficient (Wildman–Crippen LogP) is 4.74. The molecule has 26 heavy (non-hydrogen) atoms. The van der Waals surface area contributed by atoms with Gasteiger partial charge in [-0.3, -0.25) is 0 Å². The van der Waals surface area contributed by atoms with Crippen molar-refractivity contribution in [3.63, 3.8) is 0 Å².